The highest BCUT2D eigenvalue weighted by Crippen LogP contribution is 2.20. The van der Waals surface area contributed by atoms with E-state index in [4.69, 9.17) is 0 Å². The van der Waals surface area contributed by atoms with E-state index in [-0.39, 0.29) is 5.91 Å². The molecule has 0 fully saturated rings. The Kier molecular flexibility index (Phi) is 1.82. The summed E-state index contributed by atoms with van der Waals surface area (Å²) < 4.78 is 1.61. The van der Waals surface area contributed by atoms with Gasteiger partial charge in [0, 0.05) is 12.3 Å². The minimum absolute atomic E-state index is 0.283. The maximum Gasteiger partial charge on any atom is 0.561 e. The molecule has 1 atom stereocenters. The largest absolute Gasteiger partial charge is 0.561 e. The second-order valence-electron chi connectivity index (χ2n) is 4.75. The van der Waals surface area contributed by atoms with Crippen LogP contribution in [0.4, 0.5) is 0 Å². The molecule has 1 N–H and O–H groups in total. The van der Waals surface area contributed by atoms with Crippen molar-refractivity contribution < 1.29 is 14.3 Å². The van der Waals surface area contributed by atoms with Gasteiger partial charge in [0.05, 0.1) is 0 Å². The number of amides is 1. The molecule has 1 aromatic carbocycles. The first kappa shape index (κ1) is 10.5. The van der Waals surface area contributed by atoms with E-state index in [9.17, 15) is 9.82 Å². The Balaban J connectivity index is 2.09. The van der Waals surface area contributed by atoms with Gasteiger partial charge in [0.1, 0.15) is 6.20 Å². The van der Waals surface area contributed by atoms with Crippen LogP contribution in [0, 0.1) is 0 Å². The van der Waals surface area contributed by atoms with Crippen LogP contribution in [-0.4, -0.2) is 28.7 Å². The average Bonchev–Trinajstić information content (AvgIpc) is 2.69. The number of hydrazone groups is 1. The number of nitrogens with zero attached hydrogens (tertiary/aromatic N) is 3. The van der Waals surface area contributed by atoms with E-state index in [0.717, 1.165) is 5.56 Å². The quantitative estimate of drug-likeness (QED) is 0.639. The monoisotopic (exact) mass is 251 g/mol. The fourth-order valence-electron chi connectivity index (χ4n) is 2.88. The van der Waals surface area contributed by atoms with Crippen molar-refractivity contribution in [2.45, 2.75) is 0 Å². The van der Waals surface area contributed by atoms with E-state index in [2.05, 4.69) is 5.10 Å². The van der Waals surface area contributed by atoms with Crippen LogP contribution in [0.2, 0.25) is 0 Å². The molecular weight excluding hydrogens is 241 g/mol. The topological polar surface area (TPSA) is 56.8 Å². The van der Waals surface area contributed by atoms with Gasteiger partial charge in [-0.2, -0.15) is 0 Å². The first-order valence-electron chi connectivity index (χ1n) is 6.09. The van der Waals surface area contributed by atoms with Crippen molar-refractivity contribution >= 4 is 24.2 Å². The Morgan fingerprint density at radius 3 is 2.84 bits per heavy atom. The molecule has 0 radical (unpaired) electrons. The van der Waals surface area contributed by atoms with Crippen LogP contribution in [0.3, 0.4) is 0 Å². The average molecular weight is 251 g/mol. The van der Waals surface area contributed by atoms with Crippen molar-refractivity contribution in [1.29, 1.82) is 0 Å². The number of benzene rings is 1. The highest BCUT2D eigenvalue weighted by Gasteiger charge is 2.57. The SMILES string of the molecule is O=C1c2cccc[n+]2[B@@-]2(O)c3ccccc3C=NN12. The zero-order valence-electron chi connectivity index (χ0n) is 9.97. The zero-order chi connectivity index (χ0) is 13.0. The normalized spacial score (nSPS) is 23.0. The van der Waals surface area contributed by atoms with E-state index >= 15 is 0 Å². The van der Waals surface area contributed by atoms with Gasteiger partial charge in [-0.25, -0.2) is 5.10 Å². The standard InChI is InChI=1S/C13H10BN3O2/c18-13-12-7-3-4-8-16(12)14(19)11-6-2-1-5-10(11)9-15-17(13)14/h1-9,19H/t14-/m0/s1. The molecule has 2 aliphatic rings. The molecule has 92 valence electrons. The summed E-state index contributed by atoms with van der Waals surface area (Å²) in [6, 6.07) is 12.7. The van der Waals surface area contributed by atoms with Crippen LogP contribution < -0.4 is 9.94 Å². The first-order valence-corrected chi connectivity index (χ1v) is 6.09. The highest BCUT2D eigenvalue weighted by molar-refractivity contribution is 6.80. The van der Waals surface area contributed by atoms with Crippen molar-refractivity contribution in [1.82, 2.24) is 4.92 Å². The molecule has 19 heavy (non-hydrogen) atoms. The molecular formula is C13H10BN3O2. The number of pyridine rings is 1. The lowest BCUT2D eigenvalue weighted by atomic mass is 9.56. The number of hydrogen-bond donors (Lipinski definition) is 1. The molecule has 6 heteroatoms. The summed E-state index contributed by atoms with van der Waals surface area (Å²) in [6.45, 7) is -2.35. The number of aromatic nitrogens is 1. The molecule has 2 aromatic rings. The third kappa shape index (κ3) is 1.11. The zero-order valence-corrected chi connectivity index (χ0v) is 9.97. The number of hydrogen-bond acceptors (Lipinski definition) is 3. The van der Waals surface area contributed by atoms with Gasteiger partial charge in [-0.1, -0.05) is 29.7 Å². The maximum atomic E-state index is 12.3. The van der Waals surface area contributed by atoms with Crippen molar-refractivity contribution in [3.63, 3.8) is 0 Å². The van der Waals surface area contributed by atoms with Gasteiger partial charge >= 0.3 is 12.5 Å². The number of carbonyl (C=O) groups is 1. The lowest BCUT2D eigenvalue weighted by Gasteiger charge is -2.33. The van der Waals surface area contributed by atoms with Gasteiger partial charge in [0.15, 0.2) is 0 Å². The summed E-state index contributed by atoms with van der Waals surface area (Å²) in [4.78, 5) is 13.5. The molecule has 0 saturated carbocycles. The Bertz CT molecular complexity index is 733. The third-order valence-corrected chi connectivity index (χ3v) is 3.78. The van der Waals surface area contributed by atoms with Gasteiger partial charge in [0.25, 0.3) is 0 Å². The van der Waals surface area contributed by atoms with E-state index in [1.165, 1.54) is 4.92 Å². The Morgan fingerprint density at radius 1 is 1.16 bits per heavy atom. The molecule has 4 rings (SSSR count). The van der Waals surface area contributed by atoms with Gasteiger partial charge < -0.3 is 14.4 Å². The molecule has 0 spiro atoms. The summed E-state index contributed by atoms with van der Waals surface area (Å²) >= 11 is 0. The molecule has 2 aliphatic heterocycles. The predicted octanol–water partition coefficient (Wildman–Crippen LogP) is -0.536. The third-order valence-electron chi connectivity index (χ3n) is 3.78. The van der Waals surface area contributed by atoms with E-state index in [1.807, 2.05) is 24.3 Å². The molecule has 1 amide bonds. The summed E-state index contributed by atoms with van der Waals surface area (Å²) in [5, 5.41) is 15.2. The van der Waals surface area contributed by atoms with Gasteiger partial charge in [-0.15, -0.1) is 0 Å². The summed E-state index contributed by atoms with van der Waals surface area (Å²) in [5.41, 5.74) is 1.98. The van der Waals surface area contributed by atoms with E-state index in [0.29, 0.717) is 11.2 Å². The van der Waals surface area contributed by atoms with Crippen LogP contribution in [0.25, 0.3) is 0 Å². The molecule has 3 heterocycles. The second kappa shape index (κ2) is 3.30. The summed E-state index contributed by atoms with van der Waals surface area (Å²) in [6.07, 6.45) is 3.32. The lowest BCUT2D eigenvalue weighted by molar-refractivity contribution is -0.559. The van der Waals surface area contributed by atoms with Gasteiger partial charge in [0.2, 0.25) is 5.69 Å². The lowest BCUT2D eigenvalue weighted by Crippen LogP contribution is -2.78. The van der Waals surface area contributed by atoms with Crippen LogP contribution in [0.5, 0.6) is 0 Å². The molecule has 0 saturated heterocycles. The summed E-state index contributed by atoms with van der Waals surface area (Å²) in [5.74, 6) is -0.283. The van der Waals surface area contributed by atoms with Crippen molar-refractivity contribution in [3.05, 3.63) is 59.9 Å². The number of fused-ring (bicyclic) bond motifs is 5. The van der Waals surface area contributed by atoms with Crippen LogP contribution in [0.15, 0.2) is 53.8 Å². The van der Waals surface area contributed by atoms with Crippen LogP contribution >= 0.6 is 0 Å². The Morgan fingerprint density at radius 2 is 1.95 bits per heavy atom. The van der Waals surface area contributed by atoms with Crippen molar-refractivity contribution in [3.8, 4) is 0 Å². The molecule has 0 bridgehead atoms. The molecule has 1 aromatic heterocycles. The number of rotatable bonds is 0. The fraction of sp³-hybridized carbons (Fsp3) is 0. The minimum atomic E-state index is -2.35. The Hall–Kier alpha value is -2.47. The van der Waals surface area contributed by atoms with Crippen LogP contribution in [-0.2, 0) is 0 Å². The van der Waals surface area contributed by atoms with E-state index in [1.54, 1.807) is 35.1 Å². The van der Waals surface area contributed by atoms with Gasteiger partial charge in [-0.3, -0.25) is 4.79 Å². The molecule has 0 unspecified atom stereocenters. The van der Waals surface area contributed by atoms with Crippen molar-refractivity contribution in [2.24, 2.45) is 5.10 Å². The highest BCUT2D eigenvalue weighted by atomic mass is 16.3. The number of carbonyl (C=O) groups excluding carboxylic acids is 1. The fourth-order valence-corrected chi connectivity index (χ4v) is 2.88. The molecule has 0 aliphatic carbocycles. The second-order valence-corrected chi connectivity index (χ2v) is 4.75. The smallest absolute Gasteiger partial charge is 0.521 e. The van der Waals surface area contributed by atoms with Gasteiger partial charge in [-0.05, 0) is 17.7 Å². The Labute approximate surface area is 109 Å². The summed E-state index contributed by atoms with van der Waals surface area (Å²) in [7, 11) is 0. The predicted molar refractivity (Wildman–Crippen MR) is 69.8 cm³/mol. The maximum absolute atomic E-state index is 12.3. The van der Waals surface area contributed by atoms with Crippen molar-refractivity contribution in [2.75, 3.05) is 0 Å². The van der Waals surface area contributed by atoms with E-state index < -0.39 is 6.62 Å². The minimum Gasteiger partial charge on any atom is -0.521 e. The first-order chi connectivity index (χ1) is 9.23. The molecule has 5 nitrogen and oxygen atoms in total. The van der Waals surface area contributed by atoms with Crippen LogP contribution in [0.1, 0.15) is 16.1 Å².